The fourth-order valence-corrected chi connectivity index (χ4v) is 2.05. The van der Waals surface area contributed by atoms with E-state index in [9.17, 15) is 4.79 Å². The summed E-state index contributed by atoms with van der Waals surface area (Å²) in [4.78, 5) is 11.8. The van der Waals surface area contributed by atoms with Crippen molar-refractivity contribution in [2.24, 2.45) is 11.3 Å². The summed E-state index contributed by atoms with van der Waals surface area (Å²) in [7, 11) is 1.97. The fraction of sp³-hybridized carbons (Fsp3) is 0.917. The molecule has 0 saturated heterocycles. The lowest BCUT2D eigenvalue weighted by atomic mass is 10.0. The van der Waals surface area contributed by atoms with Gasteiger partial charge in [-0.15, -0.1) is 0 Å². The van der Waals surface area contributed by atoms with Crippen molar-refractivity contribution < 1.29 is 4.79 Å². The second-order valence-corrected chi connectivity index (χ2v) is 4.76. The van der Waals surface area contributed by atoms with Crippen molar-refractivity contribution in [2.75, 3.05) is 20.1 Å². The molecular weight excluding hydrogens is 188 g/mol. The molecule has 0 aliphatic heterocycles. The predicted octanol–water partition coefficient (Wildman–Crippen LogP) is 1.54. The van der Waals surface area contributed by atoms with Crippen LogP contribution < -0.4 is 10.6 Å². The normalized spacial score (nSPS) is 17.9. The van der Waals surface area contributed by atoms with Gasteiger partial charge in [0.25, 0.3) is 0 Å². The van der Waals surface area contributed by atoms with Crippen LogP contribution in [0.1, 0.15) is 39.5 Å². The van der Waals surface area contributed by atoms with Crippen molar-refractivity contribution >= 4 is 5.91 Å². The first-order valence-electron chi connectivity index (χ1n) is 6.09. The van der Waals surface area contributed by atoms with Gasteiger partial charge in [-0.25, -0.2) is 0 Å². The Bertz CT molecular complexity index is 208. The highest BCUT2D eigenvalue weighted by atomic mass is 16.1. The Labute approximate surface area is 93.0 Å². The quantitative estimate of drug-likeness (QED) is 0.672. The summed E-state index contributed by atoms with van der Waals surface area (Å²) in [5.41, 5.74) is 0.371. The van der Waals surface area contributed by atoms with Crippen LogP contribution in [0.25, 0.3) is 0 Å². The molecule has 0 aromatic rings. The summed E-state index contributed by atoms with van der Waals surface area (Å²) >= 11 is 0. The number of hydrogen-bond acceptors (Lipinski definition) is 2. The number of carbonyl (C=O) groups is 1. The lowest BCUT2D eigenvalue weighted by molar-refractivity contribution is -0.125. The van der Waals surface area contributed by atoms with E-state index in [1.54, 1.807) is 0 Å². The van der Waals surface area contributed by atoms with Crippen molar-refractivity contribution in [3.05, 3.63) is 0 Å². The molecule has 1 saturated carbocycles. The van der Waals surface area contributed by atoms with Gasteiger partial charge in [0.15, 0.2) is 0 Å². The lowest BCUT2D eigenvalue weighted by Gasteiger charge is -2.18. The first kappa shape index (κ1) is 12.5. The molecule has 0 atom stereocenters. The predicted molar refractivity (Wildman–Crippen MR) is 62.7 cm³/mol. The van der Waals surface area contributed by atoms with Crippen LogP contribution in [0, 0.1) is 11.3 Å². The molecule has 0 aromatic carbocycles. The fourth-order valence-electron chi connectivity index (χ4n) is 2.05. The van der Waals surface area contributed by atoms with Crippen molar-refractivity contribution in [1.82, 2.24) is 10.6 Å². The summed E-state index contributed by atoms with van der Waals surface area (Å²) < 4.78 is 0. The van der Waals surface area contributed by atoms with Crippen molar-refractivity contribution in [2.45, 2.75) is 39.5 Å². The molecule has 0 aromatic heterocycles. The Kier molecular flexibility index (Phi) is 4.58. The van der Waals surface area contributed by atoms with Crippen LogP contribution in [0.2, 0.25) is 0 Å². The first-order valence-corrected chi connectivity index (χ1v) is 6.09. The maximum Gasteiger partial charge on any atom is 0.223 e. The highest BCUT2D eigenvalue weighted by Gasteiger charge is 2.42. The molecule has 1 amide bonds. The minimum atomic E-state index is 0.204. The van der Waals surface area contributed by atoms with Gasteiger partial charge in [-0.05, 0) is 32.7 Å². The van der Waals surface area contributed by atoms with E-state index in [0.29, 0.717) is 5.41 Å². The van der Waals surface area contributed by atoms with E-state index in [2.05, 4.69) is 24.5 Å². The van der Waals surface area contributed by atoms with Crippen molar-refractivity contribution in [3.8, 4) is 0 Å². The van der Waals surface area contributed by atoms with E-state index < -0.39 is 0 Å². The summed E-state index contributed by atoms with van der Waals surface area (Å²) in [5.74, 6) is 0.442. The van der Waals surface area contributed by atoms with E-state index in [1.165, 1.54) is 12.8 Å². The van der Waals surface area contributed by atoms with Crippen LogP contribution in [0.3, 0.4) is 0 Å². The molecule has 0 spiro atoms. The SMILES string of the molecule is CCC(CC)C(=O)NCC1(CNC)CC1. The Morgan fingerprint density at radius 2 is 1.87 bits per heavy atom. The topological polar surface area (TPSA) is 41.1 Å². The summed E-state index contributed by atoms with van der Waals surface area (Å²) in [5, 5.41) is 6.29. The molecule has 1 fully saturated rings. The number of carbonyl (C=O) groups excluding carboxylic acids is 1. The van der Waals surface area contributed by atoms with Crippen molar-refractivity contribution in [1.29, 1.82) is 0 Å². The van der Waals surface area contributed by atoms with Gasteiger partial charge in [0.1, 0.15) is 0 Å². The van der Waals surface area contributed by atoms with E-state index in [0.717, 1.165) is 25.9 Å². The van der Waals surface area contributed by atoms with Crippen molar-refractivity contribution in [3.63, 3.8) is 0 Å². The average Bonchev–Trinajstić information content (AvgIpc) is 2.98. The number of nitrogens with one attached hydrogen (secondary N) is 2. The molecular formula is C12H24N2O. The summed E-state index contributed by atoms with van der Waals surface area (Å²) in [6, 6.07) is 0. The molecule has 1 aliphatic carbocycles. The van der Waals surface area contributed by atoms with E-state index in [-0.39, 0.29) is 11.8 Å². The van der Waals surface area contributed by atoms with Crippen LogP contribution in [0.15, 0.2) is 0 Å². The highest BCUT2D eigenvalue weighted by Crippen LogP contribution is 2.44. The largest absolute Gasteiger partial charge is 0.355 e. The number of rotatable bonds is 7. The van der Waals surface area contributed by atoms with Gasteiger partial charge in [0, 0.05) is 24.4 Å². The molecule has 15 heavy (non-hydrogen) atoms. The third-order valence-electron chi connectivity index (χ3n) is 3.50. The zero-order valence-corrected chi connectivity index (χ0v) is 10.2. The minimum absolute atomic E-state index is 0.204. The first-order chi connectivity index (χ1) is 7.17. The summed E-state index contributed by atoms with van der Waals surface area (Å²) in [6.07, 6.45) is 4.39. The average molecular weight is 212 g/mol. The molecule has 0 heterocycles. The Morgan fingerprint density at radius 1 is 1.27 bits per heavy atom. The van der Waals surface area contributed by atoms with E-state index in [1.807, 2.05) is 7.05 Å². The van der Waals surface area contributed by atoms with E-state index >= 15 is 0 Å². The second kappa shape index (κ2) is 5.50. The Morgan fingerprint density at radius 3 is 2.27 bits per heavy atom. The standard InChI is InChI=1S/C12H24N2O/c1-4-10(5-2)11(15)14-9-12(6-7-12)8-13-3/h10,13H,4-9H2,1-3H3,(H,14,15). The van der Waals surface area contributed by atoms with Gasteiger partial charge < -0.3 is 10.6 Å². The van der Waals surface area contributed by atoms with Gasteiger partial charge >= 0.3 is 0 Å². The third kappa shape index (κ3) is 3.49. The second-order valence-electron chi connectivity index (χ2n) is 4.76. The molecule has 0 radical (unpaired) electrons. The third-order valence-corrected chi connectivity index (χ3v) is 3.50. The molecule has 2 N–H and O–H groups in total. The number of hydrogen-bond donors (Lipinski definition) is 2. The summed E-state index contributed by atoms with van der Waals surface area (Å²) in [6.45, 7) is 6.03. The van der Waals surface area contributed by atoms with Crippen LogP contribution in [0.5, 0.6) is 0 Å². The minimum Gasteiger partial charge on any atom is -0.355 e. The highest BCUT2D eigenvalue weighted by molar-refractivity contribution is 5.78. The molecule has 3 heteroatoms. The molecule has 1 aliphatic rings. The molecule has 0 bridgehead atoms. The molecule has 1 rings (SSSR count). The van der Waals surface area contributed by atoms with Crippen LogP contribution >= 0.6 is 0 Å². The van der Waals surface area contributed by atoms with Crippen LogP contribution in [-0.2, 0) is 4.79 Å². The van der Waals surface area contributed by atoms with Gasteiger partial charge in [0.2, 0.25) is 5.91 Å². The van der Waals surface area contributed by atoms with Gasteiger partial charge in [-0.2, -0.15) is 0 Å². The molecule has 88 valence electrons. The smallest absolute Gasteiger partial charge is 0.223 e. The maximum atomic E-state index is 11.8. The Hall–Kier alpha value is -0.570. The number of amides is 1. The van der Waals surface area contributed by atoms with Gasteiger partial charge in [0.05, 0.1) is 0 Å². The zero-order chi connectivity index (χ0) is 11.3. The Balaban J connectivity index is 2.27. The molecule has 3 nitrogen and oxygen atoms in total. The van der Waals surface area contributed by atoms with Gasteiger partial charge in [-0.1, -0.05) is 13.8 Å². The van der Waals surface area contributed by atoms with Gasteiger partial charge in [-0.3, -0.25) is 4.79 Å². The lowest BCUT2D eigenvalue weighted by Crippen LogP contribution is -2.37. The zero-order valence-electron chi connectivity index (χ0n) is 10.2. The van der Waals surface area contributed by atoms with E-state index in [4.69, 9.17) is 0 Å². The van der Waals surface area contributed by atoms with Crippen LogP contribution in [0.4, 0.5) is 0 Å². The maximum absolute atomic E-state index is 11.8. The van der Waals surface area contributed by atoms with Crippen LogP contribution in [-0.4, -0.2) is 26.0 Å². The monoisotopic (exact) mass is 212 g/mol. The molecule has 0 unspecified atom stereocenters.